The van der Waals surface area contributed by atoms with Crippen LogP contribution in [-0.2, 0) is 20.0 Å². The van der Waals surface area contributed by atoms with Crippen LogP contribution in [0.3, 0.4) is 0 Å². The van der Waals surface area contributed by atoms with Crippen molar-refractivity contribution in [1.29, 1.82) is 0 Å². The van der Waals surface area contributed by atoms with Gasteiger partial charge < -0.3 is 19.3 Å². The summed E-state index contributed by atoms with van der Waals surface area (Å²) in [5.74, 6) is -1.22. The van der Waals surface area contributed by atoms with Crippen molar-refractivity contribution in [1.82, 2.24) is 0 Å². The number of carbonyl (C=O) groups excluding carboxylic acids is 1. The Balaban J connectivity index is 2.35. The van der Waals surface area contributed by atoms with Crippen molar-refractivity contribution < 1.29 is 24.1 Å². The third-order valence-corrected chi connectivity index (χ3v) is 3.06. The molecule has 0 aliphatic carbocycles. The summed E-state index contributed by atoms with van der Waals surface area (Å²) < 4.78 is 16.0. The van der Waals surface area contributed by atoms with E-state index in [0.717, 1.165) is 5.56 Å². The fourth-order valence-corrected chi connectivity index (χ4v) is 2.15. The maximum absolute atomic E-state index is 11.6. The number of rotatable bonds is 4. The lowest BCUT2D eigenvalue weighted by atomic mass is 10.0. The van der Waals surface area contributed by atoms with Crippen molar-refractivity contribution in [3.8, 4) is 0 Å². The van der Waals surface area contributed by atoms with E-state index in [9.17, 15) is 9.90 Å². The van der Waals surface area contributed by atoms with Crippen molar-refractivity contribution >= 4 is 11.8 Å². The quantitative estimate of drug-likeness (QED) is 0.879. The highest BCUT2D eigenvalue weighted by molar-refractivity contribution is 5.86. The van der Waals surface area contributed by atoms with Gasteiger partial charge in [-0.2, -0.15) is 0 Å². The highest BCUT2D eigenvalue weighted by atomic mass is 16.7. The number of benzene rings is 1. The second kappa shape index (κ2) is 6.21. The summed E-state index contributed by atoms with van der Waals surface area (Å²) >= 11 is 0. The molecule has 0 radical (unpaired) electrons. The molecule has 0 aromatic heterocycles. The van der Waals surface area contributed by atoms with Gasteiger partial charge in [0.2, 0.25) is 5.79 Å². The van der Waals surface area contributed by atoms with E-state index in [-0.39, 0.29) is 13.2 Å². The zero-order valence-corrected chi connectivity index (χ0v) is 11.6. The number of hydrogen-bond acceptors (Lipinski definition) is 5. The molecule has 1 saturated heterocycles. The molecule has 0 saturated carbocycles. The van der Waals surface area contributed by atoms with E-state index in [1.807, 2.05) is 19.1 Å². The van der Waals surface area contributed by atoms with Gasteiger partial charge in [-0.15, -0.1) is 0 Å². The molecule has 20 heavy (non-hydrogen) atoms. The molecule has 1 heterocycles. The topological polar surface area (TPSA) is 77.0 Å². The van der Waals surface area contributed by atoms with E-state index in [1.54, 1.807) is 13.0 Å². The Labute approximate surface area is 117 Å². The highest BCUT2D eigenvalue weighted by Crippen LogP contribution is 2.36. The molecular formula is C14H19NO5. The zero-order valence-electron chi connectivity index (χ0n) is 11.6. The van der Waals surface area contributed by atoms with Crippen molar-refractivity contribution in [2.45, 2.75) is 19.6 Å². The number of aliphatic hydroxyl groups excluding tert-OH is 1. The summed E-state index contributed by atoms with van der Waals surface area (Å²) in [6.07, 6.45) is -0.552. The second-order valence-electron chi connectivity index (χ2n) is 4.50. The fraction of sp³-hybridized carbons (Fsp3) is 0.500. The number of aliphatic hydroxyl groups is 1. The number of anilines is 1. The SMILES string of the molecule is CCOC(=O)Nc1ccc(C)cc1C1(CO)OCCO1. The Morgan fingerprint density at radius 3 is 2.75 bits per heavy atom. The minimum Gasteiger partial charge on any atom is -0.450 e. The molecule has 1 amide bonds. The van der Waals surface area contributed by atoms with E-state index < -0.39 is 11.9 Å². The Morgan fingerprint density at radius 1 is 1.45 bits per heavy atom. The van der Waals surface area contributed by atoms with Crippen molar-refractivity contribution in [2.75, 3.05) is 31.7 Å². The molecule has 6 heteroatoms. The van der Waals surface area contributed by atoms with Crippen LogP contribution in [0.1, 0.15) is 18.1 Å². The molecule has 2 rings (SSSR count). The summed E-state index contributed by atoms with van der Waals surface area (Å²) in [6.45, 7) is 4.39. The zero-order chi connectivity index (χ0) is 14.6. The molecule has 1 aromatic rings. The smallest absolute Gasteiger partial charge is 0.411 e. The Morgan fingerprint density at radius 2 is 2.15 bits per heavy atom. The number of hydrogen-bond donors (Lipinski definition) is 2. The van der Waals surface area contributed by atoms with Gasteiger partial charge in [0.25, 0.3) is 0 Å². The third-order valence-electron chi connectivity index (χ3n) is 3.06. The maximum Gasteiger partial charge on any atom is 0.411 e. The van der Waals surface area contributed by atoms with Crippen LogP contribution >= 0.6 is 0 Å². The van der Waals surface area contributed by atoms with Gasteiger partial charge in [0.15, 0.2) is 0 Å². The summed E-state index contributed by atoms with van der Waals surface area (Å²) in [5.41, 5.74) is 2.07. The lowest BCUT2D eigenvalue weighted by Crippen LogP contribution is -2.33. The Kier molecular flexibility index (Phi) is 4.59. The van der Waals surface area contributed by atoms with Crippen LogP contribution in [0.15, 0.2) is 18.2 Å². The van der Waals surface area contributed by atoms with Crippen LogP contribution < -0.4 is 5.32 Å². The van der Waals surface area contributed by atoms with E-state index in [0.29, 0.717) is 24.5 Å². The number of aryl methyl sites for hydroxylation is 1. The van der Waals surface area contributed by atoms with Gasteiger partial charge in [-0.1, -0.05) is 11.6 Å². The first kappa shape index (κ1) is 14.8. The molecule has 1 aliphatic rings. The van der Waals surface area contributed by atoms with E-state index >= 15 is 0 Å². The van der Waals surface area contributed by atoms with Gasteiger partial charge in [0.1, 0.15) is 6.61 Å². The van der Waals surface area contributed by atoms with Crippen LogP contribution in [0.5, 0.6) is 0 Å². The van der Waals surface area contributed by atoms with Crippen LogP contribution in [0.4, 0.5) is 10.5 Å². The summed E-state index contributed by atoms with van der Waals surface area (Å²) in [5, 5.41) is 12.3. The van der Waals surface area contributed by atoms with Gasteiger partial charge in [-0.05, 0) is 26.0 Å². The average Bonchev–Trinajstić information content (AvgIpc) is 2.91. The Bertz CT molecular complexity index is 482. The second-order valence-corrected chi connectivity index (χ2v) is 4.50. The molecule has 6 nitrogen and oxygen atoms in total. The summed E-state index contributed by atoms with van der Waals surface area (Å²) in [4.78, 5) is 11.6. The van der Waals surface area contributed by atoms with Gasteiger partial charge in [0, 0.05) is 5.56 Å². The first-order valence-corrected chi connectivity index (χ1v) is 6.55. The summed E-state index contributed by atoms with van der Waals surface area (Å²) in [7, 11) is 0. The predicted molar refractivity (Wildman–Crippen MR) is 72.5 cm³/mol. The summed E-state index contributed by atoms with van der Waals surface area (Å²) in [6, 6.07) is 5.41. The normalized spacial score (nSPS) is 16.9. The minimum atomic E-state index is -1.22. The lowest BCUT2D eigenvalue weighted by molar-refractivity contribution is -0.190. The maximum atomic E-state index is 11.6. The average molecular weight is 281 g/mol. The standard InChI is InChI=1S/C14H19NO5/c1-3-18-13(17)15-12-5-4-10(2)8-11(12)14(9-16)19-6-7-20-14/h4-5,8,16H,3,6-7,9H2,1-2H3,(H,15,17). The predicted octanol–water partition coefficient (Wildman–Crippen LogP) is 1.76. The minimum absolute atomic E-state index is 0.283. The van der Waals surface area contributed by atoms with Crippen LogP contribution in [0.2, 0.25) is 0 Å². The van der Waals surface area contributed by atoms with E-state index in [2.05, 4.69) is 5.32 Å². The van der Waals surface area contributed by atoms with Gasteiger partial charge in [-0.3, -0.25) is 5.32 Å². The number of nitrogens with one attached hydrogen (secondary N) is 1. The molecule has 1 aliphatic heterocycles. The van der Waals surface area contributed by atoms with Crippen molar-refractivity contribution in [2.24, 2.45) is 0 Å². The fourth-order valence-electron chi connectivity index (χ4n) is 2.15. The molecule has 1 aromatic carbocycles. The monoisotopic (exact) mass is 281 g/mol. The first-order valence-electron chi connectivity index (χ1n) is 6.55. The van der Waals surface area contributed by atoms with Crippen LogP contribution in [-0.4, -0.2) is 37.6 Å². The molecule has 0 spiro atoms. The number of amides is 1. The van der Waals surface area contributed by atoms with Crippen LogP contribution in [0.25, 0.3) is 0 Å². The first-order chi connectivity index (χ1) is 9.61. The van der Waals surface area contributed by atoms with Gasteiger partial charge in [0.05, 0.1) is 25.5 Å². The molecule has 110 valence electrons. The van der Waals surface area contributed by atoms with E-state index in [1.165, 1.54) is 0 Å². The lowest BCUT2D eigenvalue weighted by Gasteiger charge is -2.28. The molecule has 2 N–H and O–H groups in total. The molecule has 0 unspecified atom stereocenters. The molecule has 0 atom stereocenters. The van der Waals surface area contributed by atoms with Crippen molar-refractivity contribution in [3.05, 3.63) is 29.3 Å². The molecule has 0 bridgehead atoms. The Hall–Kier alpha value is -1.63. The van der Waals surface area contributed by atoms with E-state index in [4.69, 9.17) is 14.2 Å². The van der Waals surface area contributed by atoms with Crippen molar-refractivity contribution in [3.63, 3.8) is 0 Å². The third kappa shape index (κ3) is 2.92. The number of carbonyl (C=O) groups is 1. The van der Waals surface area contributed by atoms with Gasteiger partial charge >= 0.3 is 6.09 Å². The molecule has 1 fully saturated rings. The highest BCUT2D eigenvalue weighted by Gasteiger charge is 2.40. The largest absolute Gasteiger partial charge is 0.450 e. The molecular weight excluding hydrogens is 262 g/mol. The van der Waals surface area contributed by atoms with Gasteiger partial charge in [-0.25, -0.2) is 4.79 Å². The van der Waals surface area contributed by atoms with Crippen LogP contribution in [0, 0.1) is 6.92 Å². The number of ether oxygens (including phenoxy) is 3.